The first-order chi connectivity index (χ1) is 13.7. The van der Waals surface area contributed by atoms with E-state index in [2.05, 4.69) is 13.8 Å². The standard InChI is InChI=1S/C21H40O7S/c1-5-9-11-17(7-3)15-27-20(22)14-13-19(29(24,25)26)21(23)28-16-18(8-4)12-10-6-2/h17-19H,5-16H2,1-4H3,(H,24,25,26)/p-1. The molecular weight excluding hydrogens is 396 g/mol. The van der Waals surface area contributed by atoms with Gasteiger partial charge in [-0.3, -0.25) is 9.59 Å². The van der Waals surface area contributed by atoms with Crippen LogP contribution in [0.1, 0.15) is 91.9 Å². The van der Waals surface area contributed by atoms with Crippen LogP contribution in [-0.4, -0.2) is 43.4 Å². The van der Waals surface area contributed by atoms with Gasteiger partial charge in [-0.05, 0) is 31.1 Å². The molecule has 0 spiro atoms. The average molecular weight is 436 g/mol. The minimum Gasteiger partial charge on any atom is -0.747 e. The molecule has 0 bridgehead atoms. The van der Waals surface area contributed by atoms with E-state index in [0.29, 0.717) is 0 Å². The van der Waals surface area contributed by atoms with Crippen LogP contribution < -0.4 is 0 Å². The predicted octanol–water partition coefficient (Wildman–Crippen LogP) is 4.20. The van der Waals surface area contributed by atoms with Gasteiger partial charge < -0.3 is 14.0 Å². The fourth-order valence-corrected chi connectivity index (χ4v) is 3.71. The van der Waals surface area contributed by atoms with Gasteiger partial charge in [0.2, 0.25) is 0 Å². The fourth-order valence-electron chi connectivity index (χ4n) is 3.00. The summed E-state index contributed by atoms with van der Waals surface area (Å²) in [6, 6.07) is 0. The fraction of sp³-hybridized carbons (Fsp3) is 0.905. The van der Waals surface area contributed by atoms with E-state index in [4.69, 9.17) is 9.47 Å². The molecule has 7 nitrogen and oxygen atoms in total. The molecule has 0 amide bonds. The van der Waals surface area contributed by atoms with Gasteiger partial charge in [0.15, 0.2) is 0 Å². The minimum absolute atomic E-state index is 0.0847. The van der Waals surface area contributed by atoms with Crippen LogP contribution >= 0.6 is 0 Å². The SMILES string of the molecule is CCCCC(CC)COC(=O)CCC(C(=O)OCC(CC)CCCC)S(=O)(=O)[O-]. The second-order valence-corrected chi connectivity index (χ2v) is 9.22. The molecule has 0 N–H and O–H groups in total. The van der Waals surface area contributed by atoms with Gasteiger partial charge >= 0.3 is 11.9 Å². The lowest BCUT2D eigenvalue weighted by Crippen LogP contribution is -2.33. The Morgan fingerprint density at radius 1 is 0.828 bits per heavy atom. The zero-order chi connectivity index (χ0) is 22.3. The molecule has 0 saturated carbocycles. The molecule has 0 heterocycles. The number of ether oxygens (including phenoxy) is 2. The van der Waals surface area contributed by atoms with Gasteiger partial charge in [0.05, 0.1) is 13.2 Å². The van der Waals surface area contributed by atoms with Crippen molar-refractivity contribution in [1.29, 1.82) is 0 Å². The predicted molar refractivity (Wildman–Crippen MR) is 111 cm³/mol. The Morgan fingerprint density at radius 2 is 1.31 bits per heavy atom. The molecule has 0 aromatic carbocycles. The maximum Gasteiger partial charge on any atom is 0.323 e. The second-order valence-electron chi connectivity index (χ2n) is 7.67. The molecule has 3 unspecified atom stereocenters. The Bertz CT molecular complexity index is 559. The molecule has 0 fully saturated rings. The highest BCUT2D eigenvalue weighted by Gasteiger charge is 2.28. The Morgan fingerprint density at radius 3 is 1.72 bits per heavy atom. The van der Waals surface area contributed by atoms with E-state index in [-0.39, 0.29) is 31.5 Å². The van der Waals surface area contributed by atoms with E-state index < -0.39 is 33.7 Å². The van der Waals surface area contributed by atoms with Crippen molar-refractivity contribution in [1.82, 2.24) is 0 Å². The monoisotopic (exact) mass is 435 g/mol. The van der Waals surface area contributed by atoms with Crippen molar-refractivity contribution in [3.8, 4) is 0 Å². The van der Waals surface area contributed by atoms with E-state index in [1.807, 2.05) is 13.8 Å². The van der Waals surface area contributed by atoms with Crippen molar-refractivity contribution >= 4 is 22.1 Å². The third-order valence-corrected chi connectivity index (χ3v) is 6.37. The number of carbonyl (C=O) groups is 2. The topological polar surface area (TPSA) is 110 Å². The zero-order valence-electron chi connectivity index (χ0n) is 18.5. The Labute approximate surface area is 176 Å². The van der Waals surface area contributed by atoms with E-state index in [1.165, 1.54) is 0 Å². The van der Waals surface area contributed by atoms with Crippen LogP contribution in [0.3, 0.4) is 0 Å². The highest BCUT2D eigenvalue weighted by molar-refractivity contribution is 7.87. The third kappa shape index (κ3) is 12.9. The van der Waals surface area contributed by atoms with E-state index in [1.54, 1.807) is 0 Å². The van der Waals surface area contributed by atoms with Crippen molar-refractivity contribution in [2.45, 2.75) is 97.2 Å². The summed E-state index contributed by atoms with van der Waals surface area (Å²) in [6.07, 6.45) is 6.91. The molecule has 29 heavy (non-hydrogen) atoms. The van der Waals surface area contributed by atoms with Gasteiger partial charge in [0, 0.05) is 6.42 Å². The van der Waals surface area contributed by atoms with Crippen LogP contribution in [0.15, 0.2) is 0 Å². The summed E-state index contributed by atoms with van der Waals surface area (Å²) in [5.74, 6) is -1.28. The van der Waals surface area contributed by atoms with Gasteiger partial charge in [0.1, 0.15) is 15.4 Å². The summed E-state index contributed by atoms with van der Waals surface area (Å²) in [6.45, 7) is 8.49. The molecule has 0 aliphatic heterocycles. The summed E-state index contributed by atoms with van der Waals surface area (Å²) in [5.41, 5.74) is 0. The van der Waals surface area contributed by atoms with E-state index in [9.17, 15) is 22.6 Å². The third-order valence-electron chi connectivity index (χ3n) is 5.25. The van der Waals surface area contributed by atoms with Crippen LogP contribution in [0.4, 0.5) is 0 Å². The lowest BCUT2D eigenvalue weighted by Gasteiger charge is -2.21. The Kier molecular flexibility index (Phi) is 15.0. The highest BCUT2D eigenvalue weighted by Crippen LogP contribution is 2.17. The lowest BCUT2D eigenvalue weighted by atomic mass is 10.0. The normalized spacial score (nSPS) is 14.8. The van der Waals surface area contributed by atoms with Gasteiger partial charge in [-0.2, -0.15) is 0 Å². The van der Waals surface area contributed by atoms with Crippen molar-refractivity contribution < 1.29 is 32.0 Å². The van der Waals surface area contributed by atoms with Gasteiger partial charge in [0.25, 0.3) is 0 Å². The molecule has 8 heteroatoms. The first-order valence-electron chi connectivity index (χ1n) is 11.0. The number of rotatable bonds is 17. The average Bonchev–Trinajstić information content (AvgIpc) is 2.67. The lowest BCUT2D eigenvalue weighted by molar-refractivity contribution is -0.146. The molecule has 0 aliphatic carbocycles. The summed E-state index contributed by atoms with van der Waals surface area (Å²) >= 11 is 0. The van der Waals surface area contributed by atoms with Crippen molar-refractivity contribution in [3.63, 3.8) is 0 Å². The Hall–Kier alpha value is -1.15. The van der Waals surface area contributed by atoms with Crippen molar-refractivity contribution in [2.24, 2.45) is 11.8 Å². The van der Waals surface area contributed by atoms with Crippen LogP contribution in [0, 0.1) is 11.8 Å². The smallest absolute Gasteiger partial charge is 0.323 e. The number of hydrogen-bond donors (Lipinski definition) is 0. The summed E-state index contributed by atoms with van der Waals surface area (Å²) < 4.78 is 44.8. The van der Waals surface area contributed by atoms with Crippen LogP contribution in [0.5, 0.6) is 0 Å². The first kappa shape index (κ1) is 27.8. The van der Waals surface area contributed by atoms with Crippen LogP contribution in [-0.2, 0) is 29.2 Å². The highest BCUT2D eigenvalue weighted by atomic mass is 32.2. The first-order valence-corrected chi connectivity index (χ1v) is 12.4. The quantitative estimate of drug-likeness (QED) is 0.249. The zero-order valence-corrected chi connectivity index (χ0v) is 19.3. The number of esters is 2. The summed E-state index contributed by atoms with van der Waals surface area (Å²) in [5, 5.41) is -1.87. The molecule has 172 valence electrons. The largest absolute Gasteiger partial charge is 0.747 e. The summed E-state index contributed by atoms with van der Waals surface area (Å²) in [4.78, 5) is 24.1. The number of unbranched alkanes of at least 4 members (excludes halogenated alkanes) is 2. The molecule has 0 radical (unpaired) electrons. The molecule has 0 aromatic heterocycles. The molecule has 0 saturated heterocycles. The van der Waals surface area contributed by atoms with Gasteiger partial charge in [-0.15, -0.1) is 0 Å². The van der Waals surface area contributed by atoms with Gasteiger partial charge in [-0.25, -0.2) is 8.42 Å². The van der Waals surface area contributed by atoms with Crippen molar-refractivity contribution in [3.05, 3.63) is 0 Å². The molecule has 3 atom stereocenters. The van der Waals surface area contributed by atoms with E-state index >= 15 is 0 Å². The minimum atomic E-state index is -4.91. The molecular formula is C21H39O7S-. The molecule has 0 aliphatic rings. The maximum atomic E-state index is 12.2. The molecule has 0 aromatic rings. The van der Waals surface area contributed by atoms with Crippen LogP contribution in [0.2, 0.25) is 0 Å². The summed E-state index contributed by atoms with van der Waals surface area (Å²) in [7, 11) is -4.91. The van der Waals surface area contributed by atoms with Gasteiger partial charge in [-0.1, -0.05) is 66.2 Å². The number of carbonyl (C=O) groups excluding carboxylic acids is 2. The number of hydrogen-bond acceptors (Lipinski definition) is 7. The molecule has 0 rings (SSSR count). The maximum absolute atomic E-state index is 12.2. The Balaban J connectivity index is 4.61. The van der Waals surface area contributed by atoms with Crippen molar-refractivity contribution in [2.75, 3.05) is 13.2 Å². The van der Waals surface area contributed by atoms with Crippen LogP contribution in [0.25, 0.3) is 0 Å². The second kappa shape index (κ2) is 15.7. The van der Waals surface area contributed by atoms with E-state index in [0.717, 1.165) is 51.4 Å².